The molecule has 0 aromatic rings. The van der Waals surface area contributed by atoms with Crippen LogP contribution in [0.15, 0.2) is 0 Å². The molecular formula is C30H64OSi. The lowest BCUT2D eigenvalue weighted by atomic mass is 10.1. The lowest BCUT2D eigenvalue weighted by molar-refractivity contribution is 0.292. The largest absolute Gasteiger partial charge is 0.417 e. The van der Waals surface area contributed by atoms with E-state index < -0.39 is 8.32 Å². The molecule has 0 aromatic heterocycles. The molecule has 0 aliphatic heterocycles. The molecular weight excluding hydrogens is 404 g/mol. The van der Waals surface area contributed by atoms with Crippen molar-refractivity contribution in [1.82, 2.24) is 0 Å². The minimum absolute atomic E-state index is 1.02. The fourth-order valence-corrected chi connectivity index (χ4v) is 9.63. The zero-order valence-corrected chi connectivity index (χ0v) is 24.3. The fraction of sp³-hybridized carbons (Fsp3) is 1.00. The third kappa shape index (κ3) is 20.8. The molecule has 0 atom stereocenters. The van der Waals surface area contributed by atoms with Gasteiger partial charge in [-0.15, -0.1) is 0 Å². The molecule has 2 heteroatoms. The van der Waals surface area contributed by atoms with E-state index in [1.807, 2.05) is 0 Å². The van der Waals surface area contributed by atoms with Crippen LogP contribution in [0.1, 0.15) is 169 Å². The first-order chi connectivity index (χ1) is 15.7. The number of hydrogen-bond donors (Lipinski definition) is 0. The first-order valence-electron chi connectivity index (χ1n) is 15.4. The Morgan fingerprint density at radius 3 is 0.906 bits per heavy atom. The van der Waals surface area contributed by atoms with Crippen molar-refractivity contribution >= 4 is 8.32 Å². The molecule has 0 N–H and O–H groups in total. The maximum absolute atomic E-state index is 6.85. The maximum atomic E-state index is 6.85. The van der Waals surface area contributed by atoms with E-state index in [2.05, 4.69) is 27.7 Å². The Labute approximate surface area is 206 Å². The quantitative estimate of drug-likeness (QED) is 0.0859. The van der Waals surface area contributed by atoms with Crippen LogP contribution in [0.4, 0.5) is 0 Å². The van der Waals surface area contributed by atoms with Gasteiger partial charge in [-0.1, -0.05) is 163 Å². The molecule has 1 nitrogen and oxygen atoms in total. The van der Waals surface area contributed by atoms with Crippen molar-refractivity contribution in [3.63, 3.8) is 0 Å². The molecule has 0 rings (SSSR count). The third-order valence-electron chi connectivity index (χ3n) is 7.32. The number of hydrogen-bond acceptors (Lipinski definition) is 1. The topological polar surface area (TPSA) is 9.23 Å². The van der Waals surface area contributed by atoms with E-state index >= 15 is 0 Å². The molecule has 0 radical (unpaired) electrons. The van der Waals surface area contributed by atoms with Crippen LogP contribution in [-0.2, 0) is 4.43 Å². The number of unbranched alkanes of at least 4 members (excludes halogenated alkanes) is 18. The van der Waals surface area contributed by atoms with E-state index in [4.69, 9.17) is 4.43 Å². The lowest BCUT2D eigenvalue weighted by Gasteiger charge is -2.32. The predicted molar refractivity (Wildman–Crippen MR) is 150 cm³/mol. The summed E-state index contributed by atoms with van der Waals surface area (Å²) in [6.45, 7) is 10.3. The van der Waals surface area contributed by atoms with Crippen molar-refractivity contribution in [2.75, 3.05) is 6.61 Å². The summed E-state index contributed by atoms with van der Waals surface area (Å²) >= 11 is 0. The van der Waals surface area contributed by atoms with Crippen LogP contribution in [-0.4, -0.2) is 14.9 Å². The first kappa shape index (κ1) is 32.2. The zero-order chi connectivity index (χ0) is 23.6. The summed E-state index contributed by atoms with van der Waals surface area (Å²) in [5, 5.41) is 0. The highest BCUT2D eigenvalue weighted by molar-refractivity contribution is 6.73. The summed E-state index contributed by atoms with van der Waals surface area (Å²) in [7, 11) is -1.54. The van der Waals surface area contributed by atoms with Gasteiger partial charge in [0, 0.05) is 6.61 Å². The zero-order valence-electron chi connectivity index (χ0n) is 23.3. The summed E-state index contributed by atoms with van der Waals surface area (Å²) in [6.07, 6.45) is 31.3. The second-order valence-corrected chi connectivity index (χ2v) is 14.8. The van der Waals surface area contributed by atoms with Crippen molar-refractivity contribution in [2.24, 2.45) is 0 Å². The molecule has 194 valence electrons. The average Bonchev–Trinajstić information content (AvgIpc) is 2.81. The Morgan fingerprint density at radius 1 is 0.344 bits per heavy atom. The van der Waals surface area contributed by atoms with E-state index in [0.29, 0.717) is 0 Å². The van der Waals surface area contributed by atoms with Gasteiger partial charge in [-0.25, -0.2) is 0 Å². The Balaban J connectivity index is 4.51. The molecule has 0 aliphatic rings. The predicted octanol–water partition coefficient (Wildman–Crippen LogP) is 11.6. The van der Waals surface area contributed by atoms with Crippen LogP contribution in [0, 0.1) is 0 Å². The van der Waals surface area contributed by atoms with Crippen LogP contribution in [0.5, 0.6) is 0 Å². The highest BCUT2D eigenvalue weighted by atomic mass is 28.4. The normalized spacial score (nSPS) is 12.0. The molecule has 0 amide bonds. The van der Waals surface area contributed by atoms with Gasteiger partial charge in [-0.05, 0) is 24.6 Å². The Kier molecular flexibility index (Phi) is 25.9. The van der Waals surface area contributed by atoms with Crippen LogP contribution in [0.2, 0.25) is 18.1 Å². The second-order valence-electron chi connectivity index (χ2n) is 10.6. The van der Waals surface area contributed by atoms with E-state index in [1.54, 1.807) is 0 Å². The van der Waals surface area contributed by atoms with E-state index in [1.165, 1.54) is 159 Å². The molecule has 0 spiro atoms. The number of rotatable bonds is 27. The fourth-order valence-electron chi connectivity index (χ4n) is 5.12. The van der Waals surface area contributed by atoms with Gasteiger partial charge in [-0.2, -0.15) is 0 Å². The Bertz CT molecular complexity index is 298. The van der Waals surface area contributed by atoms with Crippen LogP contribution in [0.3, 0.4) is 0 Å². The monoisotopic (exact) mass is 468 g/mol. The third-order valence-corrected chi connectivity index (χ3v) is 11.9. The van der Waals surface area contributed by atoms with E-state index in [9.17, 15) is 0 Å². The minimum Gasteiger partial charge on any atom is -0.417 e. The Morgan fingerprint density at radius 2 is 0.625 bits per heavy atom. The molecule has 0 saturated heterocycles. The molecule has 0 fully saturated rings. The summed E-state index contributed by atoms with van der Waals surface area (Å²) in [5.41, 5.74) is 0. The van der Waals surface area contributed by atoms with Gasteiger partial charge >= 0.3 is 0 Å². The summed E-state index contributed by atoms with van der Waals surface area (Å²) < 4.78 is 6.85. The Hall–Kier alpha value is 0.177. The molecule has 0 heterocycles. The summed E-state index contributed by atoms with van der Waals surface area (Å²) in [4.78, 5) is 0. The van der Waals surface area contributed by atoms with E-state index in [-0.39, 0.29) is 0 Å². The summed E-state index contributed by atoms with van der Waals surface area (Å²) in [5.74, 6) is 0. The van der Waals surface area contributed by atoms with Gasteiger partial charge in [0.25, 0.3) is 0 Å². The molecule has 0 aliphatic carbocycles. The van der Waals surface area contributed by atoms with Crippen molar-refractivity contribution in [1.29, 1.82) is 0 Å². The van der Waals surface area contributed by atoms with Crippen molar-refractivity contribution < 1.29 is 4.43 Å². The standard InChI is InChI=1S/C30H64OSi/c1-5-9-12-15-18-21-24-28-32(31-27-8-4,29-25-22-19-16-13-10-6-2)30-26-23-20-17-14-11-7-3/h5-30H2,1-4H3. The lowest BCUT2D eigenvalue weighted by Crippen LogP contribution is -2.38. The highest BCUT2D eigenvalue weighted by Crippen LogP contribution is 2.31. The van der Waals surface area contributed by atoms with E-state index in [0.717, 1.165) is 6.61 Å². The second kappa shape index (κ2) is 25.8. The van der Waals surface area contributed by atoms with Crippen molar-refractivity contribution in [3.05, 3.63) is 0 Å². The van der Waals surface area contributed by atoms with Gasteiger partial charge in [0.1, 0.15) is 0 Å². The average molecular weight is 469 g/mol. The van der Waals surface area contributed by atoms with Gasteiger partial charge in [0.15, 0.2) is 8.32 Å². The van der Waals surface area contributed by atoms with Gasteiger partial charge in [0.05, 0.1) is 0 Å². The van der Waals surface area contributed by atoms with Crippen molar-refractivity contribution in [2.45, 2.75) is 187 Å². The molecule has 0 saturated carbocycles. The first-order valence-corrected chi connectivity index (χ1v) is 17.9. The maximum Gasteiger partial charge on any atom is 0.192 e. The molecule has 0 bridgehead atoms. The SMILES string of the molecule is CCCCCCCCC[Si](CCCCCCCCC)(CCCCCCCCC)OCCC. The summed E-state index contributed by atoms with van der Waals surface area (Å²) in [6, 6.07) is 4.35. The van der Waals surface area contributed by atoms with Crippen LogP contribution >= 0.6 is 0 Å². The minimum atomic E-state index is -1.54. The highest BCUT2D eigenvalue weighted by Gasteiger charge is 2.33. The van der Waals surface area contributed by atoms with Crippen LogP contribution in [0.25, 0.3) is 0 Å². The van der Waals surface area contributed by atoms with Gasteiger partial charge < -0.3 is 4.43 Å². The molecule has 0 aromatic carbocycles. The molecule has 32 heavy (non-hydrogen) atoms. The smallest absolute Gasteiger partial charge is 0.192 e. The molecule has 0 unspecified atom stereocenters. The van der Waals surface area contributed by atoms with Gasteiger partial charge in [-0.3, -0.25) is 0 Å². The van der Waals surface area contributed by atoms with Gasteiger partial charge in [0.2, 0.25) is 0 Å². The van der Waals surface area contributed by atoms with Crippen molar-refractivity contribution in [3.8, 4) is 0 Å². The van der Waals surface area contributed by atoms with Crippen LogP contribution < -0.4 is 0 Å².